The highest BCUT2D eigenvalue weighted by atomic mass is 16.2. The summed E-state index contributed by atoms with van der Waals surface area (Å²) in [5, 5.41) is 7.72. The molecule has 0 bridgehead atoms. The number of aromatic nitrogens is 2. The Morgan fingerprint density at radius 3 is 2.46 bits per heavy atom. The molecule has 144 valence electrons. The minimum Gasteiger partial charge on any atom is -0.306 e. The van der Waals surface area contributed by atoms with Gasteiger partial charge in [0.1, 0.15) is 0 Å². The van der Waals surface area contributed by atoms with Crippen LogP contribution in [0.3, 0.4) is 0 Å². The summed E-state index contributed by atoms with van der Waals surface area (Å²) in [4.78, 5) is 27.9. The Morgan fingerprint density at radius 1 is 1.23 bits per heavy atom. The van der Waals surface area contributed by atoms with E-state index in [9.17, 15) is 9.59 Å². The highest BCUT2D eigenvalue weighted by Crippen LogP contribution is 2.36. The molecule has 2 fully saturated rings. The fraction of sp³-hybridized carbons (Fsp3) is 0.750. The molecule has 1 saturated heterocycles. The van der Waals surface area contributed by atoms with Gasteiger partial charge in [-0.25, -0.2) is 0 Å². The number of carbonyl (C=O) groups excluding carboxylic acids is 2. The molecule has 2 aliphatic rings. The average Bonchev–Trinajstić information content (AvgIpc) is 2.92. The van der Waals surface area contributed by atoms with Gasteiger partial charge in [0.05, 0.1) is 6.04 Å². The topological polar surface area (TPSA) is 67.2 Å². The second kappa shape index (κ2) is 7.14. The lowest BCUT2D eigenvalue weighted by Crippen LogP contribution is -2.59. The standard InChI is InChI=1S/C20H32N4O2/c1-13-10-17(22-23(13)5)19(26)24(20(2,3)4)18(25)16-11-14-8-6-7-9-15(14)12-21-16/h10,14-16,21H,6-9,11-12H2,1-5H3/t14-,15+,16?/m0/s1. The van der Waals surface area contributed by atoms with Gasteiger partial charge >= 0.3 is 0 Å². The van der Waals surface area contributed by atoms with Gasteiger partial charge in [-0.2, -0.15) is 5.10 Å². The summed E-state index contributed by atoms with van der Waals surface area (Å²) in [5.41, 5.74) is 0.639. The molecule has 0 spiro atoms. The van der Waals surface area contributed by atoms with E-state index in [2.05, 4.69) is 10.4 Å². The average molecular weight is 361 g/mol. The second-order valence-electron chi connectivity index (χ2n) is 8.95. The van der Waals surface area contributed by atoms with Crippen LogP contribution >= 0.6 is 0 Å². The van der Waals surface area contributed by atoms with Crippen molar-refractivity contribution >= 4 is 11.8 Å². The van der Waals surface area contributed by atoms with E-state index in [0.29, 0.717) is 17.5 Å². The minimum absolute atomic E-state index is 0.116. The van der Waals surface area contributed by atoms with E-state index in [1.54, 1.807) is 17.8 Å². The van der Waals surface area contributed by atoms with Crippen molar-refractivity contribution in [3.05, 3.63) is 17.5 Å². The van der Waals surface area contributed by atoms with Crippen LogP contribution < -0.4 is 5.32 Å². The number of rotatable bonds is 2. The van der Waals surface area contributed by atoms with Crippen molar-refractivity contribution in [2.45, 2.75) is 71.4 Å². The van der Waals surface area contributed by atoms with Crippen molar-refractivity contribution < 1.29 is 9.59 Å². The number of aryl methyl sites for hydroxylation is 2. The summed E-state index contributed by atoms with van der Waals surface area (Å²) < 4.78 is 1.67. The first kappa shape index (κ1) is 19.1. The highest BCUT2D eigenvalue weighted by Gasteiger charge is 2.41. The predicted molar refractivity (Wildman–Crippen MR) is 101 cm³/mol. The van der Waals surface area contributed by atoms with E-state index in [4.69, 9.17) is 0 Å². The maximum atomic E-state index is 13.3. The van der Waals surface area contributed by atoms with E-state index in [1.165, 1.54) is 30.6 Å². The van der Waals surface area contributed by atoms with Gasteiger partial charge in [0, 0.05) is 18.3 Å². The molecule has 6 nitrogen and oxygen atoms in total. The zero-order valence-electron chi connectivity index (χ0n) is 16.7. The van der Waals surface area contributed by atoms with Crippen LogP contribution in [0.5, 0.6) is 0 Å². The first-order valence-corrected chi connectivity index (χ1v) is 9.81. The second-order valence-corrected chi connectivity index (χ2v) is 8.95. The molecule has 1 N–H and O–H groups in total. The van der Waals surface area contributed by atoms with Crippen LogP contribution in [-0.2, 0) is 11.8 Å². The predicted octanol–water partition coefficient (Wildman–Crippen LogP) is 2.66. The molecular formula is C20H32N4O2. The number of piperidine rings is 1. The van der Waals surface area contributed by atoms with E-state index in [0.717, 1.165) is 18.7 Å². The fourth-order valence-electron chi connectivity index (χ4n) is 4.40. The van der Waals surface area contributed by atoms with Crippen LogP contribution in [0.25, 0.3) is 0 Å². The molecule has 2 heterocycles. The molecule has 1 saturated carbocycles. The molecule has 1 aliphatic heterocycles. The van der Waals surface area contributed by atoms with Crippen LogP contribution in [-0.4, -0.2) is 44.6 Å². The molecule has 3 atom stereocenters. The summed E-state index contributed by atoms with van der Waals surface area (Å²) >= 11 is 0. The molecule has 3 rings (SSSR count). The number of amides is 2. The number of hydrogen-bond acceptors (Lipinski definition) is 4. The summed E-state index contributed by atoms with van der Waals surface area (Å²) in [6, 6.07) is 1.47. The van der Waals surface area contributed by atoms with Gasteiger partial charge < -0.3 is 5.32 Å². The highest BCUT2D eigenvalue weighted by molar-refractivity contribution is 6.05. The van der Waals surface area contributed by atoms with E-state index in [1.807, 2.05) is 27.7 Å². The molecule has 2 amide bonds. The lowest BCUT2D eigenvalue weighted by atomic mass is 9.73. The monoisotopic (exact) mass is 360 g/mol. The molecule has 1 unspecified atom stereocenters. The maximum Gasteiger partial charge on any atom is 0.281 e. The number of nitrogens with zero attached hydrogens (tertiary/aromatic N) is 3. The zero-order chi connectivity index (χ0) is 19.1. The lowest BCUT2D eigenvalue weighted by Gasteiger charge is -2.42. The Bertz CT molecular complexity index is 669. The van der Waals surface area contributed by atoms with Gasteiger partial charge in [0.2, 0.25) is 5.91 Å². The zero-order valence-corrected chi connectivity index (χ0v) is 16.7. The molecule has 1 aromatic heterocycles. The van der Waals surface area contributed by atoms with Crippen LogP contribution in [0.15, 0.2) is 6.07 Å². The third kappa shape index (κ3) is 3.70. The maximum absolute atomic E-state index is 13.3. The van der Waals surface area contributed by atoms with E-state index in [-0.39, 0.29) is 17.9 Å². The molecule has 0 aromatic carbocycles. The number of nitrogens with one attached hydrogen (secondary N) is 1. The summed E-state index contributed by atoms with van der Waals surface area (Å²) in [6.45, 7) is 8.51. The Balaban J connectivity index is 1.81. The van der Waals surface area contributed by atoms with Crippen LogP contribution in [0, 0.1) is 18.8 Å². The number of hydrogen-bond donors (Lipinski definition) is 1. The molecule has 6 heteroatoms. The molecule has 1 aromatic rings. The van der Waals surface area contributed by atoms with Gasteiger partial charge in [0.25, 0.3) is 5.91 Å². The lowest BCUT2D eigenvalue weighted by molar-refractivity contribution is -0.136. The molecule has 26 heavy (non-hydrogen) atoms. The largest absolute Gasteiger partial charge is 0.306 e. The first-order valence-electron chi connectivity index (χ1n) is 9.81. The van der Waals surface area contributed by atoms with E-state index < -0.39 is 5.54 Å². The minimum atomic E-state index is -0.593. The smallest absolute Gasteiger partial charge is 0.281 e. The Morgan fingerprint density at radius 2 is 1.88 bits per heavy atom. The number of carbonyl (C=O) groups is 2. The Labute approximate surface area is 156 Å². The van der Waals surface area contributed by atoms with Gasteiger partial charge in [0.15, 0.2) is 5.69 Å². The molecule has 0 radical (unpaired) electrons. The van der Waals surface area contributed by atoms with Gasteiger partial charge in [-0.05, 0) is 65.0 Å². The van der Waals surface area contributed by atoms with Crippen molar-refractivity contribution in [2.24, 2.45) is 18.9 Å². The molecular weight excluding hydrogens is 328 g/mol. The van der Waals surface area contributed by atoms with Crippen LogP contribution in [0.4, 0.5) is 0 Å². The van der Waals surface area contributed by atoms with Crippen molar-refractivity contribution in [1.29, 1.82) is 0 Å². The number of fused-ring (bicyclic) bond motifs is 1. The quantitative estimate of drug-likeness (QED) is 0.824. The normalized spacial score (nSPS) is 26.3. The summed E-state index contributed by atoms with van der Waals surface area (Å²) in [6.07, 6.45) is 5.86. The van der Waals surface area contributed by atoms with Gasteiger partial charge in [-0.15, -0.1) is 0 Å². The third-order valence-electron chi connectivity index (χ3n) is 5.96. The van der Waals surface area contributed by atoms with Crippen molar-refractivity contribution in [1.82, 2.24) is 20.0 Å². The van der Waals surface area contributed by atoms with Gasteiger partial charge in [-0.1, -0.05) is 19.3 Å². The van der Waals surface area contributed by atoms with Crippen LogP contribution in [0.2, 0.25) is 0 Å². The fourth-order valence-corrected chi connectivity index (χ4v) is 4.40. The van der Waals surface area contributed by atoms with Crippen molar-refractivity contribution in [2.75, 3.05) is 6.54 Å². The SMILES string of the molecule is Cc1cc(C(=O)N(C(=O)C2C[C@@H]3CCCC[C@@H]3CN2)C(C)(C)C)nn1C. The molecule has 1 aliphatic carbocycles. The van der Waals surface area contributed by atoms with E-state index >= 15 is 0 Å². The van der Waals surface area contributed by atoms with Crippen molar-refractivity contribution in [3.63, 3.8) is 0 Å². The van der Waals surface area contributed by atoms with Crippen molar-refractivity contribution in [3.8, 4) is 0 Å². The first-order chi connectivity index (χ1) is 12.2. The Kier molecular flexibility index (Phi) is 5.24. The van der Waals surface area contributed by atoms with Gasteiger partial charge in [-0.3, -0.25) is 19.2 Å². The third-order valence-corrected chi connectivity index (χ3v) is 5.96. The Hall–Kier alpha value is -1.69. The summed E-state index contributed by atoms with van der Waals surface area (Å²) in [7, 11) is 1.81. The summed E-state index contributed by atoms with van der Waals surface area (Å²) in [5.74, 6) is 0.867. The van der Waals surface area contributed by atoms with Crippen LogP contribution in [0.1, 0.15) is 69.1 Å². The number of imide groups is 1.